The van der Waals surface area contributed by atoms with Gasteiger partial charge in [0.15, 0.2) is 0 Å². The van der Waals surface area contributed by atoms with Gasteiger partial charge < -0.3 is 4.74 Å². The monoisotopic (exact) mass is 385 g/mol. The first-order chi connectivity index (χ1) is 13.7. The quantitative estimate of drug-likeness (QED) is 0.313. The number of aryl methyl sites for hydroxylation is 1. The second-order valence-electron chi connectivity index (χ2n) is 7.62. The fourth-order valence-electron chi connectivity index (χ4n) is 3.35. The highest BCUT2D eigenvalue weighted by Gasteiger charge is 2.06. The van der Waals surface area contributed by atoms with Crippen LogP contribution in [0.4, 0.5) is 4.39 Å². The summed E-state index contributed by atoms with van der Waals surface area (Å²) in [4.78, 5) is 4.58. The summed E-state index contributed by atoms with van der Waals surface area (Å²) in [5, 5.41) is 0. The number of nitrogens with zero attached hydrogens (tertiary/aromatic N) is 1. The fraction of sp³-hybridized carbons (Fsp3) is 0.560. The molecule has 154 valence electrons. The van der Waals surface area contributed by atoms with Gasteiger partial charge in [0.05, 0.1) is 12.3 Å². The number of ether oxygens (including phenoxy) is 1. The van der Waals surface area contributed by atoms with Crippen molar-refractivity contribution in [3.8, 4) is 17.0 Å². The predicted octanol–water partition coefficient (Wildman–Crippen LogP) is 7.56. The third-order valence-electron chi connectivity index (χ3n) is 5.08. The lowest BCUT2D eigenvalue weighted by Gasteiger charge is -2.08. The molecule has 0 aliphatic rings. The molecule has 2 rings (SSSR count). The first-order valence-corrected chi connectivity index (χ1v) is 11.0. The van der Waals surface area contributed by atoms with Crippen molar-refractivity contribution in [3.05, 3.63) is 48.2 Å². The molecule has 0 radical (unpaired) electrons. The highest BCUT2D eigenvalue weighted by atomic mass is 19.1. The van der Waals surface area contributed by atoms with Crippen molar-refractivity contribution in [2.24, 2.45) is 0 Å². The molecule has 2 aromatic rings. The molecule has 0 N–H and O–H groups in total. The summed E-state index contributed by atoms with van der Waals surface area (Å²) in [6.45, 7) is 5.05. The van der Waals surface area contributed by atoms with Crippen molar-refractivity contribution in [2.75, 3.05) is 6.61 Å². The van der Waals surface area contributed by atoms with E-state index in [0.717, 1.165) is 49.3 Å². The van der Waals surface area contributed by atoms with Crippen LogP contribution >= 0.6 is 0 Å². The number of halogens is 1. The zero-order valence-corrected chi connectivity index (χ0v) is 17.6. The molecule has 0 fully saturated rings. The van der Waals surface area contributed by atoms with E-state index in [-0.39, 0.29) is 0 Å². The lowest BCUT2D eigenvalue weighted by atomic mass is 10.0. The highest BCUT2D eigenvalue weighted by Crippen LogP contribution is 2.22. The van der Waals surface area contributed by atoms with Crippen LogP contribution in [0.15, 0.2) is 42.6 Å². The van der Waals surface area contributed by atoms with Crippen LogP contribution in [0.2, 0.25) is 0 Å². The number of hydrogen-bond donors (Lipinski definition) is 0. The number of alkyl halides is 1. The molecule has 3 heteroatoms. The van der Waals surface area contributed by atoms with Crippen LogP contribution in [0, 0.1) is 0 Å². The van der Waals surface area contributed by atoms with E-state index >= 15 is 0 Å². The van der Waals surface area contributed by atoms with E-state index in [2.05, 4.69) is 36.2 Å². The first kappa shape index (κ1) is 22.4. The number of benzene rings is 1. The van der Waals surface area contributed by atoms with Crippen molar-refractivity contribution in [2.45, 2.75) is 84.2 Å². The van der Waals surface area contributed by atoms with Gasteiger partial charge in [-0.3, -0.25) is 4.98 Å². The average Bonchev–Trinajstić information content (AvgIpc) is 2.72. The van der Waals surface area contributed by atoms with Crippen LogP contribution in [0.1, 0.15) is 77.2 Å². The lowest BCUT2D eigenvalue weighted by Crippen LogP contribution is -2.00. The molecular formula is C25H36FNO. The van der Waals surface area contributed by atoms with E-state index in [0.29, 0.717) is 12.8 Å². The average molecular weight is 386 g/mol. The van der Waals surface area contributed by atoms with Crippen LogP contribution < -0.4 is 4.74 Å². The summed E-state index contributed by atoms with van der Waals surface area (Å²) in [5.74, 6) is 0.920. The smallest absolute Gasteiger partial charge is 0.119 e. The zero-order valence-electron chi connectivity index (χ0n) is 17.6. The second-order valence-corrected chi connectivity index (χ2v) is 7.62. The van der Waals surface area contributed by atoms with Gasteiger partial charge in [0.25, 0.3) is 0 Å². The van der Waals surface area contributed by atoms with Crippen LogP contribution in [0.3, 0.4) is 0 Å². The van der Waals surface area contributed by atoms with E-state index in [1.54, 1.807) is 0 Å². The number of rotatable bonds is 14. The van der Waals surface area contributed by atoms with Gasteiger partial charge in [0.1, 0.15) is 11.9 Å². The minimum Gasteiger partial charge on any atom is -0.494 e. The van der Waals surface area contributed by atoms with Crippen LogP contribution in [0.25, 0.3) is 11.3 Å². The number of aromatic nitrogens is 1. The third kappa shape index (κ3) is 8.41. The van der Waals surface area contributed by atoms with Crippen molar-refractivity contribution < 1.29 is 9.13 Å². The minimum absolute atomic E-state index is 0.648. The third-order valence-corrected chi connectivity index (χ3v) is 5.08. The predicted molar refractivity (Wildman–Crippen MR) is 117 cm³/mol. The SMILES string of the molecule is CCCCCCCOc1ccc(-c2ccc(CCCC(F)CCC)cn2)cc1. The Hall–Kier alpha value is -1.90. The molecule has 1 unspecified atom stereocenters. The van der Waals surface area contributed by atoms with E-state index in [4.69, 9.17) is 4.74 Å². The molecule has 0 amide bonds. The molecule has 1 atom stereocenters. The molecule has 0 aliphatic carbocycles. The molecule has 0 aliphatic heterocycles. The molecule has 28 heavy (non-hydrogen) atoms. The minimum atomic E-state index is -0.658. The summed E-state index contributed by atoms with van der Waals surface area (Å²) in [5.41, 5.74) is 3.23. The summed E-state index contributed by atoms with van der Waals surface area (Å²) in [6, 6.07) is 12.3. The van der Waals surface area contributed by atoms with Crippen LogP contribution in [0.5, 0.6) is 5.75 Å². The molecule has 0 bridgehead atoms. The van der Waals surface area contributed by atoms with Crippen molar-refractivity contribution in [3.63, 3.8) is 0 Å². The van der Waals surface area contributed by atoms with Gasteiger partial charge in [-0.2, -0.15) is 0 Å². The van der Waals surface area contributed by atoms with Crippen molar-refractivity contribution >= 4 is 0 Å². The van der Waals surface area contributed by atoms with Gasteiger partial charge in [-0.05, 0) is 68.0 Å². The van der Waals surface area contributed by atoms with Crippen LogP contribution in [-0.4, -0.2) is 17.8 Å². The Bertz CT molecular complexity index is 639. The van der Waals surface area contributed by atoms with Gasteiger partial charge in [-0.15, -0.1) is 0 Å². The Kier molecular flexibility index (Phi) is 10.6. The Balaban J connectivity index is 1.75. The molecule has 2 nitrogen and oxygen atoms in total. The van der Waals surface area contributed by atoms with Crippen molar-refractivity contribution in [1.82, 2.24) is 4.98 Å². The highest BCUT2D eigenvalue weighted by molar-refractivity contribution is 5.60. The molecule has 0 spiro atoms. The van der Waals surface area contributed by atoms with E-state index < -0.39 is 6.17 Å². The zero-order chi connectivity index (χ0) is 20.0. The standard InChI is InChI=1S/C25H36FNO/c1-3-5-6-7-8-19-28-24-16-14-22(15-17-24)25-18-13-21(20-27-25)11-9-12-23(26)10-4-2/h13-18,20,23H,3-12,19H2,1-2H3. The number of unbranched alkanes of at least 4 members (excludes halogenated alkanes) is 4. The van der Waals surface area contributed by atoms with Gasteiger partial charge in [-0.25, -0.2) is 4.39 Å². The molecular weight excluding hydrogens is 349 g/mol. The topological polar surface area (TPSA) is 22.1 Å². The fourth-order valence-corrected chi connectivity index (χ4v) is 3.35. The maximum atomic E-state index is 13.5. The van der Waals surface area contributed by atoms with Gasteiger partial charge >= 0.3 is 0 Å². The Morgan fingerprint density at radius 3 is 2.32 bits per heavy atom. The van der Waals surface area contributed by atoms with E-state index in [1.807, 2.05) is 25.3 Å². The Morgan fingerprint density at radius 2 is 1.64 bits per heavy atom. The lowest BCUT2D eigenvalue weighted by molar-refractivity contribution is 0.288. The Morgan fingerprint density at radius 1 is 0.857 bits per heavy atom. The maximum Gasteiger partial charge on any atom is 0.119 e. The first-order valence-electron chi connectivity index (χ1n) is 11.0. The van der Waals surface area contributed by atoms with Crippen molar-refractivity contribution in [1.29, 1.82) is 0 Å². The summed E-state index contributed by atoms with van der Waals surface area (Å²) >= 11 is 0. The number of hydrogen-bond acceptors (Lipinski definition) is 2. The van der Waals surface area contributed by atoms with Gasteiger partial charge in [0, 0.05) is 11.8 Å². The molecule has 0 saturated heterocycles. The maximum absolute atomic E-state index is 13.5. The molecule has 1 aromatic heterocycles. The summed E-state index contributed by atoms with van der Waals surface area (Å²) in [7, 11) is 0. The number of pyridine rings is 1. The molecule has 1 heterocycles. The Labute approximate surface area is 170 Å². The summed E-state index contributed by atoms with van der Waals surface area (Å²) in [6.07, 6.45) is 11.5. The van der Waals surface area contributed by atoms with E-state index in [1.165, 1.54) is 31.2 Å². The molecule has 0 saturated carbocycles. The van der Waals surface area contributed by atoms with E-state index in [9.17, 15) is 4.39 Å². The largest absolute Gasteiger partial charge is 0.494 e. The van der Waals surface area contributed by atoms with Gasteiger partial charge in [0.2, 0.25) is 0 Å². The second kappa shape index (κ2) is 13.3. The van der Waals surface area contributed by atoms with Crippen LogP contribution in [-0.2, 0) is 6.42 Å². The van der Waals surface area contributed by atoms with Gasteiger partial charge in [-0.1, -0.05) is 52.0 Å². The molecule has 1 aromatic carbocycles. The summed E-state index contributed by atoms with van der Waals surface area (Å²) < 4.78 is 19.4. The normalized spacial score (nSPS) is 12.1.